The fourth-order valence-electron chi connectivity index (χ4n) is 4.59. The normalized spacial score (nSPS) is 11.6. The highest BCUT2D eigenvalue weighted by molar-refractivity contribution is 5.58. The van der Waals surface area contributed by atoms with E-state index >= 15 is 0 Å². The summed E-state index contributed by atoms with van der Waals surface area (Å²) < 4.78 is 6.10. The van der Waals surface area contributed by atoms with E-state index in [0.29, 0.717) is 11.8 Å². The van der Waals surface area contributed by atoms with Crippen LogP contribution in [-0.4, -0.2) is 24.1 Å². The summed E-state index contributed by atoms with van der Waals surface area (Å²) in [5.74, 6) is 2.41. The third kappa shape index (κ3) is 4.56. The maximum Gasteiger partial charge on any atom is 0.243 e. The second-order valence-electron chi connectivity index (χ2n) is 9.70. The molecule has 3 aromatic heterocycles. The maximum absolute atomic E-state index is 4.72. The Balaban J connectivity index is 1.47. The predicted molar refractivity (Wildman–Crippen MR) is 138 cm³/mol. The summed E-state index contributed by atoms with van der Waals surface area (Å²) >= 11 is 0. The van der Waals surface area contributed by atoms with Crippen LogP contribution in [0.3, 0.4) is 0 Å². The van der Waals surface area contributed by atoms with Gasteiger partial charge in [0.2, 0.25) is 6.33 Å². The number of H-pyrrole nitrogens is 1. The molecule has 0 fully saturated rings. The van der Waals surface area contributed by atoms with Crippen molar-refractivity contribution in [3.8, 4) is 23.0 Å². The molecule has 0 radical (unpaired) electrons. The molecule has 0 spiro atoms. The summed E-state index contributed by atoms with van der Waals surface area (Å²) in [6.45, 7) is 8.96. The fourth-order valence-corrected chi connectivity index (χ4v) is 4.59. The summed E-state index contributed by atoms with van der Waals surface area (Å²) in [4.78, 5) is 12.9. The zero-order valence-corrected chi connectivity index (χ0v) is 21.0. The monoisotopic (exact) mass is 464 g/mol. The number of nitrogens with one attached hydrogen (secondary N) is 1. The average Bonchev–Trinajstić information content (AvgIpc) is 3.59. The second-order valence-corrected chi connectivity index (χ2v) is 9.70. The van der Waals surface area contributed by atoms with Crippen molar-refractivity contribution in [2.24, 2.45) is 7.05 Å². The molecule has 0 bridgehead atoms. The van der Waals surface area contributed by atoms with Crippen LogP contribution in [0.15, 0.2) is 73.4 Å². The molecule has 178 valence electrons. The first-order chi connectivity index (χ1) is 16.9. The van der Waals surface area contributed by atoms with Crippen molar-refractivity contribution in [1.29, 1.82) is 0 Å². The number of rotatable bonds is 7. The van der Waals surface area contributed by atoms with Crippen LogP contribution in [0.4, 0.5) is 0 Å². The molecule has 0 saturated carbocycles. The van der Waals surface area contributed by atoms with E-state index in [1.165, 1.54) is 22.4 Å². The molecule has 0 aliphatic carbocycles. The molecule has 0 saturated heterocycles. The highest BCUT2D eigenvalue weighted by Crippen LogP contribution is 2.33. The van der Waals surface area contributed by atoms with Gasteiger partial charge in [-0.2, -0.15) is 0 Å². The lowest BCUT2D eigenvalue weighted by Gasteiger charge is -2.21. The van der Waals surface area contributed by atoms with E-state index in [0.717, 1.165) is 29.5 Å². The Hall–Kier alpha value is -3.93. The van der Waals surface area contributed by atoms with Gasteiger partial charge >= 0.3 is 0 Å². The van der Waals surface area contributed by atoms with Crippen LogP contribution in [-0.2, 0) is 13.5 Å². The summed E-state index contributed by atoms with van der Waals surface area (Å²) in [6, 6.07) is 15.1. The first kappa shape index (κ1) is 22.8. The molecule has 0 aliphatic rings. The van der Waals surface area contributed by atoms with Crippen LogP contribution < -0.4 is 4.57 Å². The van der Waals surface area contributed by atoms with Gasteiger partial charge in [-0.05, 0) is 28.5 Å². The highest BCUT2D eigenvalue weighted by Gasteiger charge is 2.19. The molecule has 0 atom stereocenters. The first-order valence-electron chi connectivity index (χ1n) is 12.2. The topological polar surface area (TPSA) is 55.3 Å². The summed E-state index contributed by atoms with van der Waals surface area (Å²) in [5.41, 5.74) is 7.19. The van der Waals surface area contributed by atoms with Crippen molar-refractivity contribution in [2.45, 2.75) is 46.0 Å². The largest absolute Gasteiger partial charge is 0.339 e. The number of aromatic nitrogens is 6. The predicted octanol–water partition coefficient (Wildman–Crippen LogP) is 5.52. The molecule has 0 aliphatic heterocycles. The lowest BCUT2D eigenvalue weighted by atomic mass is 9.92. The van der Waals surface area contributed by atoms with Crippen LogP contribution >= 0.6 is 0 Å². The van der Waals surface area contributed by atoms with Gasteiger partial charge < -0.3 is 14.1 Å². The van der Waals surface area contributed by atoms with Crippen LogP contribution in [0, 0.1) is 6.33 Å². The Bertz CT molecular complexity index is 1420. The third-order valence-corrected chi connectivity index (χ3v) is 6.35. The number of nitrogens with zero attached hydrogens (tertiary/aromatic N) is 5. The quantitative estimate of drug-likeness (QED) is 0.255. The number of benzene rings is 2. The summed E-state index contributed by atoms with van der Waals surface area (Å²) in [5, 5.41) is 0. The molecule has 0 unspecified atom stereocenters. The summed E-state index contributed by atoms with van der Waals surface area (Å²) in [6.07, 6.45) is 13.8. The van der Waals surface area contributed by atoms with Crippen molar-refractivity contribution in [3.05, 3.63) is 102 Å². The smallest absolute Gasteiger partial charge is 0.243 e. The Kier molecular flexibility index (Phi) is 6.12. The minimum Gasteiger partial charge on any atom is -0.339 e. The highest BCUT2D eigenvalue weighted by atomic mass is 15.1. The van der Waals surface area contributed by atoms with Gasteiger partial charge in [0.25, 0.3) is 0 Å². The van der Waals surface area contributed by atoms with Gasteiger partial charge in [0.05, 0.1) is 18.4 Å². The van der Waals surface area contributed by atoms with E-state index < -0.39 is 0 Å². The van der Waals surface area contributed by atoms with E-state index in [2.05, 4.69) is 86.0 Å². The number of aromatic amines is 1. The molecule has 2 aromatic carbocycles. The van der Waals surface area contributed by atoms with Gasteiger partial charge in [-0.25, -0.2) is 9.97 Å². The average molecular weight is 465 g/mol. The molecule has 5 rings (SSSR count). The molecule has 6 heteroatoms. The van der Waals surface area contributed by atoms with E-state index in [4.69, 9.17) is 9.97 Å². The molecule has 3 heterocycles. The lowest BCUT2D eigenvalue weighted by molar-refractivity contribution is -0.674. The Labute approximate surface area is 206 Å². The number of imidazole rings is 3. The minimum absolute atomic E-state index is 0.401. The standard InChI is InChI=1S/C29H32N6/c1-20(2)25-10-7-11-26(21(3)4)27(25)35-13-12-30-29(35)28-31-18-23(32-28)16-22-8-6-9-24(17-22)34-15-14-33(5)19-34/h6-15,17-18,20-21H,16H2,1-5H3,(H,31,32). The lowest BCUT2D eigenvalue weighted by Crippen LogP contribution is -2.24. The van der Waals surface area contributed by atoms with Crippen molar-refractivity contribution < 1.29 is 4.57 Å². The van der Waals surface area contributed by atoms with Crippen molar-refractivity contribution in [2.75, 3.05) is 0 Å². The van der Waals surface area contributed by atoms with Gasteiger partial charge in [0.15, 0.2) is 11.6 Å². The summed E-state index contributed by atoms with van der Waals surface area (Å²) in [7, 11) is 1.97. The molecule has 5 aromatic rings. The van der Waals surface area contributed by atoms with Crippen molar-refractivity contribution in [3.63, 3.8) is 0 Å². The number of hydrogen-bond donors (Lipinski definition) is 1. The van der Waals surface area contributed by atoms with E-state index in [1.807, 2.05) is 47.2 Å². The van der Waals surface area contributed by atoms with Gasteiger partial charge in [-0.1, -0.05) is 70.2 Å². The van der Waals surface area contributed by atoms with Crippen LogP contribution in [0.5, 0.6) is 0 Å². The van der Waals surface area contributed by atoms with Crippen LogP contribution in [0.1, 0.15) is 61.9 Å². The number of para-hydroxylation sites is 1. The van der Waals surface area contributed by atoms with Crippen LogP contribution in [0.25, 0.3) is 23.0 Å². The van der Waals surface area contributed by atoms with Gasteiger partial charge in [0, 0.05) is 43.1 Å². The van der Waals surface area contributed by atoms with Gasteiger partial charge in [-0.15, -0.1) is 0 Å². The Morgan fingerprint density at radius 1 is 0.971 bits per heavy atom. The van der Waals surface area contributed by atoms with E-state index in [9.17, 15) is 0 Å². The molecule has 0 amide bonds. The van der Waals surface area contributed by atoms with Gasteiger partial charge in [-0.3, -0.25) is 4.57 Å². The minimum atomic E-state index is 0.401. The molecular weight excluding hydrogens is 432 g/mol. The molecule has 1 N–H and O–H groups in total. The SMILES string of the molecule is CC(C)c1cccc(C(C)C)c1-n1ccnc1-c1ncc(Cc2cccc(-n3[c-][n+](C)cc3)c2)[nH]1. The molecule has 35 heavy (non-hydrogen) atoms. The van der Waals surface area contributed by atoms with E-state index in [1.54, 1.807) is 0 Å². The van der Waals surface area contributed by atoms with Crippen molar-refractivity contribution in [1.82, 2.24) is 24.1 Å². The molecular formula is C29H32N6. The zero-order chi connectivity index (χ0) is 24.5. The van der Waals surface area contributed by atoms with Crippen LogP contribution in [0.2, 0.25) is 0 Å². The fraction of sp³-hybridized carbons (Fsp3) is 0.276. The van der Waals surface area contributed by atoms with E-state index in [-0.39, 0.29) is 0 Å². The zero-order valence-electron chi connectivity index (χ0n) is 21.0. The number of hydrogen-bond acceptors (Lipinski definition) is 2. The van der Waals surface area contributed by atoms with Crippen molar-refractivity contribution >= 4 is 0 Å². The second kappa shape index (κ2) is 9.37. The molecule has 6 nitrogen and oxygen atoms in total. The Morgan fingerprint density at radius 2 is 1.71 bits per heavy atom. The third-order valence-electron chi connectivity index (χ3n) is 6.35. The van der Waals surface area contributed by atoms with Gasteiger partial charge in [0.1, 0.15) is 0 Å². The number of aryl methyl sites for hydroxylation is 1. The Morgan fingerprint density at radius 3 is 2.40 bits per heavy atom. The first-order valence-corrected chi connectivity index (χ1v) is 12.2. The maximum atomic E-state index is 4.72.